The van der Waals surface area contributed by atoms with Crippen LogP contribution in [0.2, 0.25) is 0 Å². The first-order valence-electron chi connectivity index (χ1n) is 6.90. The Labute approximate surface area is 118 Å². The van der Waals surface area contributed by atoms with E-state index in [2.05, 4.69) is 15.0 Å². The van der Waals surface area contributed by atoms with Crippen LogP contribution >= 0.6 is 0 Å². The fourth-order valence-corrected chi connectivity index (χ4v) is 2.79. The Morgan fingerprint density at radius 3 is 2.95 bits per heavy atom. The highest BCUT2D eigenvalue weighted by molar-refractivity contribution is 5.05. The van der Waals surface area contributed by atoms with Crippen LogP contribution in [-0.4, -0.2) is 43.9 Å². The van der Waals surface area contributed by atoms with Crippen LogP contribution in [0.5, 0.6) is 0 Å². The number of aryl methyl sites for hydroxylation is 2. The number of aliphatic hydroxyl groups excluding tert-OH is 1. The summed E-state index contributed by atoms with van der Waals surface area (Å²) in [6, 6.07) is 1.94. The van der Waals surface area contributed by atoms with Gasteiger partial charge in [-0.05, 0) is 6.92 Å². The average molecular weight is 276 g/mol. The second-order valence-corrected chi connectivity index (χ2v) is 5.61. The molecule has 0 radical (unpaired) electrons. The summed E-state index contributed by atoms with van der Waals surface area (Å²) in [6.07, 6.45) is 4.16. The maximum Gasteiger partial charge on any atom is 0.137 e. The molecule has 0 bridgehead atoms. The average Bonchev–Trinajstić information content (AvgIpc) is 3.06. The third-order valence-corrected chi connectivity index (χ3v) is 3.91. The fraction of sp³-hybridized carbons (Fsp3) is 0.571. The van der Waals surface area contributed by atoms with Gasteiger partial charge in [-0.3, -0.25) is 4.90 Å². The van der Waals surface area contributed by atoms with Crippen LogP contribution in [-0.2, 0) is 20.0 Å². The zero-order chi connectivity index (χ0) is 14.1. The molecule has 2 aromatic rings. The van der Waals surface area contributed by atoms with E-state index in [1.807, 2.05) is 30.8 Å². The van der Waals surface area contributed by atoms with E-state index in [9.17, 15) is 5.11 Å². The minimum Gasteiger partial charge on any atom is -0.391 e. The van der Waals surface area contributed by atoms with E-state index in [0.29, 0.717) is 6.54 Å². The number of imidazole rings is 1. The number of hydrogen-bond acceptors (Lipinski definition) is 5. The number of hydrogen-bond donors (Lipinski definition) is 1. The topological polar surface area (TPSA) is 67.3 Å². The molecule has 0 spiro atoms. The lowest BCUT2D eigenvalue weighted by molar-refractivity contribution is 0.137. The van der Waals surface area contributed by atoms with Crippen LogP contribution in [0.3, 0.4) is 0 Å². The molecule has 6 nitrogen and oxygen atoms in total. The van der Waals surface area contributed by atoms with Crippen LogP contribution in [0.15, 0.2) is 23.0 Å². The molecule has 0 unspecified atom stereocenters. The molecular formula is C14H20N4O2. The third-order valence-electron chi connectivity index (χ3n) is 3.91. The molecule has 20 heavy (non-hydrogen) atoms. The van der Waals surface area contributed by atoms with Crippen LogP contribution in [0.25, 0.3) is 0 Å². The minimum absolute atomic E-state index is 0.197. The predicted molar refractivity (Wildman–Crippen MR) is 72.9 cm³/mol. The lowest BCUT2D eigenvalue weighted by Gasteiger charge is -2.14. The highest BCUT2D eigenvalue weighted by Gasteiger charge is 2.32. The first kappa shape index (κ1) is 13.3. The molecule has 1 fully saturated rings. The molecule has 2 atom stereocenters. The Morgan fingerprint density at radius 1 is 1.45 bits per heavy atom. The Morgan fingerprint density at radius 2 is 2.30 bits per heavy atom. The summed E-state index contributed by atoms with van der Waals surface area (Å²) in [6.45, 7) is 4.22. The molecule has 1 N–H and O–H groups in total. The van der Waals surface area contributed by atoms with Gasteiger partial charge in [0, 0.05) is 50.9 Å². The normalized spacial score (nSPS) is 23.6. The van der Waals surface area contributed by atoms with Gasteiger partial charge in [-0.1, -0.05) is 5.16 Å². The first-order valence-corrected chi connectivity index (χ1v) is 6.90. The highest BCUT2D eigenvalue weighted by atomic mass is 16.5. The quantitative estimate of drug-likeness (QED) is 0.892. The van der Waals surface area contributed by atoms with Gasteiger partial charge in [-0.2, -0.15) is 0 Å². The summed E-state index contributed by atoms with van der Waals surface area (Å²) in [5.74, 6) is 2.07. The van der Waals surface area contributed by atoms with E-state index in [0.717, 1.165) is 36.8 Å². The van der Waals surface area contributed by atoms with Gasteiger partial charge in [-0.25, -0.2) is 4.98 Å². The highest BCUT2D eigenvalue weighted by Crippen LogP contribution is 2.23. The maximum atomic E-state index is 10.2. The van der Waals surface area contributed by atoms with Crippen molar-refractivity contribution >= 4 is 0 Å². The lowest BCUT2D eigenvalue weighted by atomic mass is 10.0. The summed E-state index contributed by atoms with van der Waals surface area (Å²) in [5, 5.41) is 14.1. The summed E-state index contributed by atoms with van der Waals surface area (Å²) in [4.78, 5) is 6.56. The smallest absolute Gasteiger partial charge is 0.137 e. The maximum absolute atomic E-state index is 10.2. The molecule has 0 amide bonds. The van der Waals surface area contributed by atoms with Crippen LogP contribution in [0.4, 0.5) is 0 Å². The largest absolute Gasteiger partial charge is 0.391 e. The van der Waals surface area contributed by atoms with E-state index >= 15 is 0 Å². The number of β-amino-alcohol motifs (C(OH)–C–C–N with tert-alkyl or cyclic N) is 1. The summed E-state index contributed by atoms with van der Waals surface area (Å²) >= 11 is 0. The van der Waals surface area contributed by atoms with Gasteiger partial charge in [0.1, 0.15) is 11.6 Å². The van der Waals surface area contributed by atoms with E-state index in [1.54, 1.807) is 6.20 Å². The summed E-state index contributed by atoms with van der Waals surface area (Å²) < 4.78 is 7.25. The Hall–Kier alpha value is -1.66. The lowest BCUT2D eigenvalue weighted by Crippen LogP contribution is -2.23. The molecule has 3 rings (SSSR count). The van der Waals surface area contributed by atoms with Crippen molar-refractivity contribution in [2.45, 2.75) is 26.0 Å². The van der Waals surface area contributed by atoms with Crippen molar-refractivity contribution in [2.75, 3.05) is 13.1 Å². The van der Waals surface area contributed by atoms with E-state index in [1.165, 1.54) is 0 Å². The van der Waals surface area contributed by atoms with Gasteiger partial charge in [-0.15, -0.1) is 0 Å². The molecule has 1 aliphatic heterocycles. The van der Waals surface area contributed by atoms with Crippen molar-refractivity contribution in [3.8, 4) is 0 Å². The van der Waals surface area contributed by atoms with E-state index in [-0.39, 0.29) is 12.0 Å². The Kier molecular flexibility index (Phi) is 3.58. The van der Waals surface area contributed by atoms with Crippen LogP contribution in [0.1, 0.15) is 17.3 Å². The van der Waals surface area contributed by atoms with Crippen molar-refractivity contribution in [1.29, 1.82) is 0 Å². The van der Waals surface area contributed by atoms with Gasteiger partial charge in [0.25, 0.3) is 0 Å². The molecular weight excluding hydrogens is 256 g/mol. The monoisotopic (exact) mass is 276 g/mol. The Balaban J connectivity index is 1.60. The zero-order valence-corrected chi connectivity index (χ0v) is 11.9. The standard InChI is InChI=1S/C14H20N4O2/c1-10-5-12(20-16-10)6-11-7-18(8-13(11)19)9-14-15-3-4-17(14)2/h3-5,11,13,19H,6-9H2,1-2H3/t11-,13+/m1/s1. The molecule has 1 aliphatic rings. The number of aliphatic hydroxyl groups is 1. The molecule has 108 valence electrons. The number of aromatic nitrogens is 3. The molecule has 0 saturated carbocycles. The molecule has 0 aliphatic carbocycles. The van der Waals surface area contributed by atoms with Gasteiger partial charge in [0.2, 0.25) is 0 Å². The molecule has 2 aromatic heterocycles. The van der Waals surface area contributed by atoms with Gasteiger partial charge in [0.15, 0.2) is 0 Å². The van der Waals surface area contributed by atoms with Crippen molar-refractivity contribution < 1.29 is 9.63 Å². The fourth-order valence-electron chi connectivity index (χ4n) is 2.79. The van der Waals surface area contributed by atoms with Crippen LogP contribution < -0.4 is 0 Å². The van der Waals surface area contributed by atoms with Crippen molar-refractivity contribution in [3.05, 3.63) is 35.7 Å². The molecule has 6 heteroatoms. The number of likely N-dealkylation sites (tertiary alicyclic amines) is 1. The van der Waals surface area contributed by atoms with Crippen molar-refractivity contribution in [2.24, 2.45) is 13.0 Å². The van der Waals surface area contributed by atoms with Crippen LogP contribution in [0, 0.1) is 12.8 Å². The van der Waals surface area contributed by atoms with Gasteiger partial charge in [0.05, 0.1) is 18.3 Å². The van der Waals surface area contributed by atoms with Crippen molar-refractivity contribution in [1.82, 2.24) is 19.6 Å². The molecule has 1 saturated heterocycles. The third kappa shape index (κ3) is 2.76. The second-order valence-electron chi connectivity index (χ2n) is 5.61. The number of nitrogens with zero attached hydrogens (tertiary/aromatic N) is 4. The first-order chi connectivity index (χ1) is 9.61. The van der Waals surface area contributed by atoms with Crippen molar-refractivity contribution in [3.63, 3.8) is 0 Å². The van der Waals surface area contributed by atoms with E-state index < -0.39 is 0 Å². The Bertz CT molecular complexity index is 577. The molecule has 0 aromatic carbocycles. The number of rotatable bonds is 4. The van der Waals surface area contributed by atoms with E-state index in [4.69, 9.17) is 4.52 Å². The minimum atomic E-state index is -0.319. The summed E-state index contributed by atoms with van der Waals surface area (Å²) in [5.41, 5.74) is 0.886. The summed E-state index contributed by atoms with van der Waals surface area (Å²) in [7, 11) is 1.99. The zero-order valence-electron chi connectivity index (χ0n) is 11.9. The SMILES string of the molecule is Cc1cc(C[C@@H]2CN(Cc3nccn3C)C[C@@H]2O)on1. The molecule has 3 heterocycles. The van der Waals surface area contributed by atoms with Gasteiger partial charge < -0.3 is 14.2 Å². The second kappa shape index (κ2) is 5.38. The van der Waals surface area contributed by atoms with Gasteiger partial charge >= 0.3 is 0 Å². The predicted octanol–water partition coefficient (Wildman–Crippen LogP) is 0.752.